The van der Waals surface area contributed by atoms with Gasteiger partial charge in [0.1, 0.15) is 4.99 Å². The maximum Gasteiger partial charge on any atom is 0.161 e. The predicted molar refractivity (Wildman–Crippen MR) is 59.4 cm³/mol. The molecule has 14 heavy (non-hydrogen) atoms. The van der Waals surface area contributed by atoms with E-state index in [2.05, 4.69) is 15.1 Å². The minimum atomic E-state index is 0.391. The lowest BCUT2D eigenvalue weighted by Gasteiger charge is -2.17. The van der Waals surface area contributed by atoms with Crippen LogP contribution in [-0.2, 0) is 0 Å². The minimum Gasteiger partial charge on any atom is -0.389 e. The second kappa shape index (κ2) is 3.88. The first kappa shape index (κ1) is 9.33. The van der Waals surface area contributed by atoms with Gasteiger partial charge in [-0.25, -0.2) is 0 Å². The second-order valence-electron chi connectivity index (χ2n) is 3.33. The van der Waals surface area contributed by atoms with E-state index in [0.29, 0.717) is 4.99 Å². The predicted octanol–water partition coefficient (Wildman–Crippen LogP) is 0.711. The molecule has 1 aromatic rings. The summed E-state index contributed by atoms with van der Waals surface area (Å²) in [4.78, 5) is 2.57. The molecule has 2 N–H and O–H groups in total. The van der Waals surface area contributed by atoms with Crippen molar-refractivity contribution in [1.29, 1.82) is 0 Å². The van der Waals surface area contributed by atoms with Crippen molar-refractivity contribution in [2.24, 2.45) is 5.73 Å². The zero-order valence-corrected chi connectivity index (χ0v) is 8.63. The number of hydrogen-bond acceptors (Lipinski definition) is 4. The van der Waals surface area contributed by atoms with E-state index in [1.165, 1.54) is 12.8 Å². The van der Waals surface area contributed by atoms with Gasteiger partial charge < -0.3 is 10.6 Å². The highest BCUT2D eigenvalue weighted by Crippen LogP contribution is 2.20. The number of nitrogens with two attached hydrogens (primary N) is 1. The fraction of sp³-hybridized carbons (Fsp3) is 0.444. The molecule has 1 aliphatic heterocycles. The molecule has 0 spiro atoms. The number of hydrogen-bond donors (Lipinski definition) is 1. The molecule has 0 unspecified atom stereocenters. The molecule has 1 aromatic heterocycles. The SMILES string of the molecule is NC(=S)c1ccnnc1N1CCCC1. The van der Waals surface area contributed by atoms with Crippen molar-refractivity contribution < 1.29 is 0 Å². The zero-order chi connectivity index (χ0) is 9.97. The Balaban J connectivity index is 2.35. The summed E-state index contributed by atoms with van der Waals surface area (Å²) in [5.41, 5.74) is 6.45. The zero-order valence-electron chi connectivity index (χ0n) is 7.81. The molecule has 0 aliphatic carbocycles. The molecule has 4 nitrogen and oxygen atoms in total. The van der Waals surface area contributed by atoms with Crippen molar-refractivity contribution >= 4 is 23.0 Å². The maximum atomic E-state index is 5.62. The van der Waals surface area contributed by atoms with Crippen LogP contribution >= 0.6 is 12.2 Å². The molecule has 0 atom stereocenters. The van der Waals surface area contributed by atoms with E-state index in [1.807, 2.05) is 6.07 Å². The van der Waals surface area contributed by atoms with Crippen LogP contribution in [0.2, 0.25) is 0 Å². The summed E-state index contributed by atoms with van der Waals surface area (Å²) in [6.45, 7) is 2.04. The first-order valence-electron chi connectivity index (χ1n) is 4.65. The smallest absolute Gasteiger partial charge is 0.161 e. The summed E-state index contributed by atoms with van der Waals surface area (Å²) in [7, 11) is 0. The van der Waals surface area contributed by atoms with Crippen LogP contribution in [0.1, 0.15) is 18.4 Å². The summed E-state index contributed by atoms with van der Waals surface area (Å²) in [5, 5.41) is 7.96. The highest BCUT2D eigenvalue weighted by Gasteiger charge is 2.18. The molecule has 0 aromatic carbocycles. The third kappa shape index (κ3) is 1.68. The van der Waals surface area contributed by atoms with Crippen molar-refractivity contribution in [3.05, 3.63) is 17.8 Å². The van der Waals surface area contributed by atoms with Crippen molar-refractivity contribution in [2.75, 3.05) is 18.0 Å². The standard InChI is InChI=1S/C9H12N4S/c10-8(14)7-3-4-11-12-9(7)13-5-1-2-6-13/h3-4H,1-2,5-6H2,(H2,10,14). The number of rotatable bonds is 2. The van der Waals surface area contributed by atoms with Crippen LogP contribution in [0.15, 0.2) is 12.3 Å². The van der Waals surface area contributed by atoms with Gasteiger partial charge in [0, 0.05) is 13.1 Å². The topological polar surface area (TPSA) is 55.0 Å². The van der Waals surface area contributed by atoms with Crippen LogP contribution in [0.4, 0.5) is 5.82 Å². The Morgan fingerprint density at radius 2 is 2.14 bits per heavy atom. The van der Waals surface area contributed by atoms with Crippen LogP contribution in [0.25, 0.3) is 0 Å². The Morgan fingerprint density at radius 1 is 1.43 bits per heavy atom. The molecule has 2 rings (SSSR count). The molecular formula is C9H12N4S. The second-order valence-corrected chi connectivity index (χ2v) is 3.77. The number of thiocarbonyl (C=S) groups is 1. The Hall–Kier alpha value is -1.23. The van der Waals surface area contributed by atoms with Gasteiger partial charge in [-0.2, -0.15) is 5.10 Å². The normalized spacial score (nSPS) is 15.9. The summed E-state index contributed by atoms with van der Waals surface area (Å²) >= 11 is 4.97. The van der Waals surface area contributed by atoms with Gasteiger partial charge in [-0.05, 0) is 18.9 Å². The molecule has 0 saturated carbocycles. The third-order valence-electron chi connectivity index (χ3n) is 2.37. The molecule has 0 bridgehead atoms. The highest BCUT2D eigenvalue weighted by atomic mass is 32.1. The van der Waals surface area contributed by atoms with Crippen LogP contribution in [0.3, 0.4) is 0 Å². The molecule has 1 fully saturated rings. The Labute approximate surface area is 88.1 Å². The highest BCUT2D eigenvalue weighted by molar-refractivity contribution is 7.80. The van der Waals surface area contributed by atoms with Crippen LogP contribution in [0, 0.1) is 0 Å². The first-order chi connectivity index (χ1) is 6.79. The largest absolute Gasteiger partial charge is 0.389 e. The lowest BCUT2D eigenvalue weighted by molar-refractivity contribution is 0.891. The van der Waals surface area contributed by atoms with E-state index < -0.39 is 0 Å². The van der Waals surface area contributed by atoms with Gasteiger partial charge in [-0.3, -0.25) is 0 Å². The van der Waals surface area contributed by atoms with E-state index in [4.69, 9.17) is 18.0 Å². The van der Waals surface area contributed by atoms with E-state index in [9.17, 15) is 0 Å². The fourth-order valence-electron chi connectivity index (χ4n) is 1.68. The van der Waals surface area contributed by atoms with Gasteiger partial charge in [0.05, 0.1) is 11.8 Å². The van der Waals surface area contributed by atoms with Crippen LogP contribution in [-0.4, -0.2) is 28.3 Å². The van der Waals surface area contributed by atoms with Crippen molar-refractivity contribution in [2.45, 2.75) is 12.8 Å². The lowest BCUT2D eigenvalue weighted by Crippen LogP contribution is -2.24. The molecule has 1 saturated heterocycles. The summed E-state index contributed by atoms with van der Waals surface area (Å²) in [6, 6.07) is 1.82. The maximum absolute atomic E-state index is 5.62. The number of anilines is 1. The van der Waals surface area contributed by atoms with Gasteiger partial charge in [-0.1, -0.05) is 12.2 Å². The summed E-state index contributed by atoms with van der Waals surface area (Å²) < 4.78 is 0. The first-order valence-corrected chi connectivity index (χ1v) is 5.06. The lowest BCUT2D eigenvalue weighted by atomic mass is 10.2. The van der Waals surface area contributed by atoms with E-state index >= 15 is 0 Å². The molecule has 0 radical (unpaired) electrons. The number of aromatic nitrogens is 2. The summed E-state index contributed by atoms with van der Waals surface area (Å²) in [5.74, 6) is 0.831. The van der Waals surface area contributed by atoms with Gasteiger partial charge in [0.15, 0.2) is 5.82 Å². The molecular weight excluding hydrogens is 196 g/mol. The Bertz CT molecular complexity index is 346. The third-order valence-corrected chi connectivity index (χ3v) is 2.59. The van der Waals surface area contributed by atoms with Gasteiger partial charge >= 0.3 is 0 Å². The molecule has 74 valence electrons. The van der Waals surface area contributed by atoms with E-state index in [0.717, 1.165) is 24.5 Å². The number of nitrogens with zero attached hydrogens (tertiary/aromatic N) is 3. The van der Waals surface area contributed by atoms with Gasteiger partial charge in [0.25, 0.3) is 0 Å². The average molecular weight is 208 g/mol. The Kier molecular flexibility index (Phi) is 2.58. The fourth-order valence-corrected chi connectivity index (χ4v) is 1.84. The van der Waals surface area contributed by atoms with Crippen molar-refractivity contribution in [3.63, 3.8) is 0 Å². The van der Waals surface area contributed by atoms with Gasteiger partial charge in [-0.15, -0.1) is 5.10 Å². The minimum absolute atomic E-state index is 0.391. The van der Waals surface area contributed by atoms with Crippen LogP contribution < -0.4 is 10.6 Å². The van der Waals surface area contributed by atoms with Crippen LogP contribution in [0.5, 0.6) is 0 Å². The van der Waals surface area contributed by atoms with Gasteiger partial charge in [0.2, 0.25) is 0 Å². The van der Waals surface area contributed by atoms with E-state index in [1.54, 1.807) is 6.20 Å². The molecule has 0 amide bonds. The molecule has 5 heteroatoms. The quantitative estimate of drug-likeness (QED) is 0.725. The Morgan fingerprint density at radius 3 is 2.79 bits per heavy atom. The average Bonchev–Trinajstić information content (AvgIpc) is 2.70. The molecule has 1 aliphatic rings. The molecule has 2 heterocycles. The monoisotopic (exact) mass is 208 g/mol. The van der Waals surface area contributed by atoms with E-state index in [-0.39, 0.29) is 0 Å². The van der Waals surface area contributed by atoms with Crippen molar-refractivity contribution in [3.8, 4) is 0 Å². The van der Waals surface area contributed by atoms with Crippen molar-refractivity contribution in [1.82, 2.24) is 10.2 Å². The summed E-state index contributed by atoms with van der Waals surface area (Å²) in [6.07, 6.45) is 4.02.